The minimum Gasteiger partial charge on any atom is -0.486 e. The summed E-state index contributed by atoms with van der Waals surface area (Å²) >= 11 is 1.55. The standard InChI is InChI=1S/C23H24FN3O3S/c24-18-7-9-20(10-8-18)29-16-22-25-19(17-31-22)15-26-11-4-12-27(14-13-26)23(28)30-21-5-2-1-3-6-21/h1-3,5-10,17H,4,11-16H2. The normalized spacial score (nSPS) is 14.8. The molecule has 0 unspecified atom stereocenters. The van der Waals surface area contributed by atoms with E-state index in [1.165, 1.54) is 12.1 Å². The number of rotatable bonds is 6. The molecule has 4 rings (SSSR count). The number of amides is 1. The van der Waals surface area contributed by atoms with E-state index in [4.69, 9.17) is 9.47 Å². The smallest absolute Gasteiger partial charge is 0.415 e. The van der Waals surface area contributed by atoms with Crippen LogP contribution in [0.2, 0.25) is 0 Å². The van der Waals surface area contributed by atoms with Gasteiger partial charge in [0.05, 0.1) is 5.69 Å². The highest BCUT2D eigenvalue weighted by molar-refractivity contribution is 7.09. The molecule has 0 N–H and O–H groups in total. The predicted molar refractivity (Wildman–Crippen MR) is 117 cm³/mol. The fraction of sp³-hybridized carbons (Fsp3) is 0.304. The Morgan fingerprint density at radius 1 is 1.00 bits per heavy atom. The van der Waals surface area contributed by atoms with Crippen molar-refractivity contribution in [2.24, 2.45) is 0 Å². The number of carbonyl (C=O) groups excluding carboxylic acids is 1. The molecule has 2 aromatic carbocycles. The van der Waals surface area contributed by atoms with Gasteiger partial charge in [0.15, 0.2) is 0 Å². The lowest BCUT2D eigenvalue weighted by Gasteiger charge is -2.21. The summed E-state index contributed by atoms with van der Waals surface area (Å²) in [5, 5.41) is 2.91. The lowest BCUT2D eigenvalue weighted by Crippen LogP contribution is -2.37. The molecule has 0 radical (unpaired) electrons. The van der Waals surface area contributed by atoms with Gasteiger partial charge >= 0.3 is 6.09 Å². The minimum atomic E-state index is -0.304. The van der Waals surface area contributed by atoms with Crippen molar-refractivity contribution in [2.45, 2.75) is 19.6 Å². The average molecular weight is 442 g/mol. The van der Waals surface area contributed by atoms with Crippen molar-refractivity contribution in [2.75, 3.05) is 26.2 Å². The second-order valence-corrected chi connectivity index (χ2v) is 8.22. The van der Waals surface area contributed by atoms with Gasteiger partial charge in [-0.3, -0.25) is 4.90 Å². The maximum absolute atomic E-state index is 13.0. The quantitative estimate of drug-likeness (QED) is 0.561. The molecule has 0 aliphatic carbocycles. The SMILES string of the molecule is O=C(Oc1ccccc1)N1CCCN(Cc2csc(COc3ccc(F)cc3)n2)CC1. The van der Waals surface area contributed by atoms with Gasteiger partial charge in [-0.1, -0.05) is 18.2 Å². The summed E-state index contributed by atoms with van der Waals surface area (Å²) in [6.07, 6.45) is 0.580. The van der Waals surface area contributed by atoms with Gasteiger partial charge < -0.3 is 14.4 Å². The lowest BCUT2D eigenvalue weighted by atomic mass is 10.3. The molecule has 1 aliphatic heterocycles. The fourth-order valence-electron chi connectivity index (χ4n) is 3.36. The van der Waals surface area contributed by atoms with E-state index >= 15 is 0 Å². The summed E-state index contributed by atoms with van der Waals surface area (Å²) < 4.78 is 24.1. The number of benzene rings is 2. The molecular weight excluding hydrogens is 417 g/mol. The average Bonchev–Trinajstić information content (AvgIpc) is 3.09. The minimum absolute atomic E-state index is 0.284. The molecule has 1 amide bonds. The van der Waals surface area contributed by atoms with Crippen molar-refractivity contribution < 1.29 is 18.7 Å². The van der Waals surface area contributed by atoms with Crippen LogP contribution in [0.3, 0.4) is 0 Å². The van der Waals surface area contributed by atoms with Crippen LogP contribution in [0.4, 0.5) is 9.18 Å². The highest BCUT2D eigenvalue weighted by Gasteiger charge is 2.21. The van der Waals surface area contributed by atoms with Crippen LogP contribution in [0.5, 0.6) is 11.5 Å². The van der Waals surface area contributed by atoms with Gasteiger partial charge in [0.25, 0.3) is 0 Å². The Balaban J connectivity index is 1.24. The maximum atomic E-state index is 13.0. The molecule has 1 saturated heterocycles. The molecule has 2 heterocycles. The van der Waals surface area contributed by atoms with E-state index in [1.807, 2.05) is 23.6 Å². The summed E-state index contributed by atoms with van der Waals surface area (Å²) in [5.41, 5.74) is 0.989. The van der Waals surface area contributed by atoms with Crippen LogP contribution in [0, 0.1) is 5.82 Å². The number of carbonyl (C=O) groups is 1. The fourth-order valence-corrected chi connectivity index (χ4v) is 4.05. The number of halogens is 1. The van der Waals surface area contributed by atoms with Crippen LogP contribution >= 0.6 is 11.3 Å². The molecule has 31 heavy (non-hydrogen) atoms. The Labute approximate surface area is 184 Å². The monoisotopic (exact) mass is 441 g/mol. The van der Waals surface area contributed by atoms with Crippen molar-refractivity contribution in [3.05, 3.63) is 76.5 Å². The van der Waals surface area contributed by atoms with E-state index < -0.39 is 0 Å². The molecule has 0 saturated carbocycles. The Morgan fingerprint density at radius 2 is 1.81 bits per heavy atom. The van der Waals surface area contributed by atoms with Gasteiger partial charge in [0, 0.05) is 38.1 Å². The third-order valence-electron chi connectivity index (χ3n) is 4.96. The zero-order chi connectivity index (χ0) is 21.5. The number of ether oxygens (including phenoxy) is 2. The molecule has 0 bridgehead atoms. The number of thiazole rings is 1. The first-order valence-electron chi connectivity index (χ1n) is 10.2. The summed E-state index contributed by atoms with van der Waals surface area (Å²) in [4.78, 5) is 21.1. The van der Waals surface area contributed by atoms with Gasteiger partial charge in [0.2, 0.25) is 0 Å². The second-order valence-electron chi connectivity index (χ2n) is 7.27. The van der Waals surface area contributed by atoms with Crippen molar-refractivity contribution in [3.8, 4) is 11.5 Å². The van der Waals surface area contributed by atoms with Crippen LogP contribution in [-0.4, -0.2) is 47.1 Å². The van der Waals surface area contributed by atoms with E-state index in [1.54, 1.807) is 40.5 Å². The molecule has 8 heteroatoms. The van der Waals surface area contributed by atoms with E-state index in [9.17, 15) is 9.18 Å². The predicted octanol–water partition coefficient (Wildman–Crippen LogP) is 4.57. The number of para-hydroxylation sites is 1. The Morgan fingerprint density at radius 3 is 2.61 bits per heavy atom. The Bertz CT molecular complexity index is 981. The van der Waals surface area contributed by atoms with Crippen molar-refractivity contribution in [3.63, 3.8) is 0 Å². The number of nitrogens with zero attached hydrogens (tertiary/aromatic N) is 3. The van der Waals surface area contributed by atoms with Crippen molar-refractivity contribution in [1.29, 1.82) is 0 Å². The van der Waals surface area contributed by atoms with Crippen LogP contribution in [0.1, 0.15) is 17.1 Å². The van der Waals surface area contributed by atoms with E-state index in [0.717, 1.165) is 36.8 Å². The molecule has 0 atom stereocenters. The number of aromatic nitrogens is 1. The Kier molecular flexibility index (Phi) is 7.11. The van der Waals surface area contributed by atoms with E-state index in [-0.39, 0.29) is 11.9 Å². The summed E-state index contributed by atoms with van der Waals surface area (Å²) in [5.74, 6) is 0.896. The first-order chi connectivity index (χ1) is 15.2. The third-order valence-corrected chi connectivity index (χ3v) is 5.83. The molecule has 0 spiro atoms. The van der Waals surface area contributed by atoms with Crippen LogP contribution in [0.25, 0.3) is 0 Å². The molecule has 1 aromatic heterocycles. The molecular formula is C23H24FN3O3S. The van der Waals surface area contributed by atoms with Crippen molar-refractivity contribution >= 4 is 17.4 Å². The topological polar surface area (TPSA) is 54.9 Å². The zero-order valence-corrected chi connectivity index (χ0v) is 17.9. The number of hydrogen-bond donors (Lipinski definition) is 0. The maximum Gasteiger partial charge on any atom is 0.415 e. The van der Waals surface area contributed by atoms with Gasteiger partial charge in [-0.25, -0.2) is 14.2 Å². The van der Waals surface area contributed by atoms with Crippen LogP contribution in [-0.2, 0) is 13.2 Å². The van der Waals surface area contributed by atoms with Crippen LogP contribution < -0.4 is 9.47 Å². The third kappa shape index (κ3) is 6.26. The van der Waals surface area contributed by atoms with Gasteiger partial charge in [-0.05, 0) is 42.8 Å². The largest absolute Gasteiger partial charge is 0.486 e. The molecule has 1 fully saturated rings. The van der Waals surface area contributed by atoms with Crippen LogP contribution in [0.15, 0.2) is 60.0 Å². The van der Waals surface area contributed by atoms with Crippen molar-refractivity contribution in [1.82, 2.24) is 14.8 Å². The van der Waals surface area contributed by atoms with Gasteiger partial charge in [-0.15, -0.1) is 11.3 Å². The first-order valence-corrected chi connectivity index (χ1v) is 11.1. The van der Waals surface area contributed by atoms with E-state index in [0.29, 0.717) is 31.2 Å². The number of hydrogen-bond acceptors (Lipinski definition) is 6. The Hall–Kier alpha value is -2.97. The second kappa shape index (κ2) is 10.4. The summed E-state index contributed by atoms with van der Waals surface area (Å²) in [6, 6.07) is 15.1. The molecule has 162 valence electrons. The van der Waals surface area contributed by atoms with E-state index in [2.05, 4.69) is 9.88 Å². The van der Waals surface area contributed by atoms with Gasteiger partial charge in [-0.2, -0.15) is 0 Å². The molecule has 3 aromatic rings. The van der Waals surface area contributed by atoms with Gasteiger partial charge in [0.1, 0.15) is 28.9 Å². The highest BCUT2D eigenvalue weighted by atomic mass is 32.1. The first kappa shape index (κ1) is 21.3. The summed E-state index contributed by atoms with van der Waals surface area (Å²) in [6.45, 7) is 4.05. The lowest BCUT2D eigenvalue weighted by molar-refractivity contribution is 0.153. The highest BCUT2D eigenvalue weighted by Crippen LogP contribution is 2.18. The summed E-state index contributed by atoms with van der Waals surface area (Å²) in [7, 11) is 0. The zero-order valence-electron chi connectivity index (χ0n) is 17.1. The molecule has 1 aliphatic rings. The molecule has 6 nitrogen and oxygen atoms in total.